The van der Waals surface area contributed by atoms with Crippen LogP contribution in [0.3, 0.4) is 0 Å². The molecule has 0 aliphatic heterocycles. The molecule has 2 atom stereocenters. The second kappa shape index (κ2) is 5.30. The van der Waals surface area contributed by atoms with Crippen molar-refractivity contribution in [2.24, 2.45) is 5.41 Å². The highest BCUT2D eigenvalue weighted by atomic mass is 79.9. The molecule has 0 saturated heterocycles. The number of carbonyl (C=O) groups is 1. The predicted octanol–water partition coefficient (Wildman–Crippen LogP) is 2.09. The number of carbonyl (C=O) groups excluding carboxylic acids is 1. The summed E-state index contributed by atoms with van der Waals surface area (Å²) in [6.45, 7) is 5.19. The molecule has 0 aromatic carbocycles. The van der Waals surface area contributed by atoms with Crippen LogP contribution in [-0.4, -0.2) is 30.5 Å². The Labute approximate surface area is 100 Å². The van der Waals surface area contributed by atoms with E-state index in [1.807, 2.05) is 0 Å². The van der Waals surface area contributed by atoms with Crippen LogP contribution in [-0.2, 0) is 9.53 Å². The minimum Gasteiger partial charge on any atom is -0.468 e. The van der Waals surface area contributed by atoms with Gasteiger partial charge in [-0.15, -0.1) is 0 Å². The van der Waals surface area contributed by atoms with Gasteiger partial charge in [-0.25, -0.2) is 0 Å². The van der Waals surface area contributed by atoms with Crippen molar-refractivity contribution in [1.82, 2.24) is 5.32 Å². The number of alkyl halides is 1. The molecule has 0 bridgehead atoms. The third kappa shape index (κ3) is 3.45. The third-order valence-electron chi connectivity index (χ3n) is 3.26. The number of halogens is 1. The summed E-state index contributed by atoms with van der Waals surface area (Å²) < 4.78 is 4.65. The average molecular weight is 278 g/mol. The first-order valence-electron chi connectivity index (χ1n) is 5.42. The lowest BCUT2D eigenvalue weighted by Gasteiger charge is -2.28. The van der Waals surface area contributed by atoms with Gasteiger partial charge >= 0.3 is 5.97 Å². The molecule has 4 heteroatoms. The van der Waals surface area contributed by atoms with Gasteiger partial charge in [0.1, 0.15) is 4.83 Å². The average Bonchev–Trinajstić information content (AvgIpc) is 2.53. The Morgan fingerprint density at radius 1 is 1.67 bits per heavy atom. The minimum atomic E-state index is -0.237. The Hall–Kier alpha value is -0.0900. The Morgan fingerprint density at radius 2 is 2.33 bits per heavy atom. The van der Waals surface area contributed by atoms with E-state index in [2.05, 4.69) is 39.8 Å². The van der Waals surface area contributed by atoms with Gasteiger partial charge in [-0.2, -0.15) is 0 Å². The summed E-state index contributed by atoms with van der Waals surface area (Å²) in [5, 5.41) is 3.44. The number of methoxy groups -OCH3 is 1. The quantitative estimate of drug-likeness (QED) is 0.632. The Kier molecular flexibility index (Phi) is 4.59. The first kappa shape index (κ1) is 13.0. The van der Waals surface area contributed by atoms with Crippen molar-refractivity contribution in [3.63, 3.8) is 0 Å². The number of hydrogen-bond donors (Lipinski definition) is 1. The SMILES string of the molecule is COC(=O)C(Br)CNC1CCCC1(C)C. The molecule has 3 nitrogen and oxygen atoms in total. The van der Waals surface area contributed by atoms with E-state index in [0.29, 0.717) is 18.0 Å². The zero-order valence-electron chi connectivity index (χ0n) is 9.68. The fourth-order valence-corrected chi connectivity index (χ4v) is 2.54. The van der Waals surface area contributed by atoms with Gasteiger partial charge < -0.3 is 10.1 Å². The third-order valence-corrected chi connectivity index (χ3v) is 3.96. The molecule has 88 valence electrons. The van der Waals surface area contributed by atoms with E-state index in [0.717, 1.165) is 0 Å². The molecule has 1 aliphatic rings. The first-order chi connectivity index (χ1) is 6.97. The van der Waals surface area contributed by atoms with Gasteiger partial charge in [-0.1, -0.05) is 36.2 Å². The molecule has 0 spiro atoms. The molecule has 1 N–H and O–H groups in total. The van der Waals surface area contributed by atoms with Crippen molar-refractivity contribution in [2.45, 2.75) is 44.0 Å². The van der Waals surface area contributed by atoms with Crippen molar-refractivity contribution in [3.8, 4) is 0 Å². The molecule has 0 radical (unpaired) electrons. The van der Waals surface area contributed by atoms with E-state index < -0.39 is 0 Å². The lowest BCUT2D eigenvalue weighted by Crippen LogP contribution is -2.42. The van der Waals surface area contributed by atoms with Crippen LogP contribution in [0, 0.1) is 5.41 Å². The van der Waals surface area contributed by atoms with E-state index in [1.54, 1.807) is 0 Å². The largest absolute Gasteiger partial charge is 0.468 e. The van der Waals surface area contributed by atoms with Crippen LogP contribution in [0.2, 0.25) is 0 Å². The maximum absolute atomic E-state index is 11.2. The highest BCUT2D eigenvalue weighted by molar-refractivity contribution is 9.10. The van der Waals surface area contributed by atoms with Gasteiger partial charge in [0, 0.05) is 12.6 Å². The van der Waals surface area contributed by atoms with Gasteiger partial charge in [0.05, 0.1) is 7.11 Å². The number of rotatable bonds is 4. The summed E-state index contributed by atoms with van der Waals surface area (Å²) in [5.74, 6) is -0.210. The van der Waals surface area contributed by atoms with Crippen molar-refractivity contribution >= 4 is 21.9 Å². The fraction of sp³-hybridized carbons (Fsp3) is 0.909. The zero-order valence-corrected chi connectivity index (χ0v) is 11.3. The second-order valence-corrected chi connectivity index (χ2v) is 5.94. The number of nitrogens with one attached hydrogen (secondary N) is 1. The molecule has 15 heavy (non-hydrogen) atoms. The van der Waals surface area contributed by atoms with Crippen LogP contribution < -0.4 is 5.32 Å². The smallest absolute Gasteiger partial charge is 0.320 e. The summed E-state index contributed by atoms with van der Waals surface area (Å²) in [7, 11) is 1.41. The molecule has 0 aromatic heterocycles. The Bertz CT molecular complexity index is 231. The Morgan fingerprint density at radius 3 is 2.80 bits per heavy atom. The number of ether oxygens (including phenoxy) is 1. The number of esters is 1. The zero-order chi connectivity index (χ0) is 11.5. The molecule has 0 aromatic rings. The molecule has 0 amide bonds. The molecular formula is C11H20BrNO2. The van der Waals surface area contributed by atoms with Crippen molar-refractivity contribution in [2.75, 3.05) is 13.7 Å². The Balaban J connectivity index is 2.34. The van der Waals surface area contributed by atoms with Crippen LogP contribution >= 0.6 is 15.9 Å². The molecule has 0 heterocycles. The van der Waals surface area contributed by atoms with Gasteiger partial charge in [-0.05, 0) is 18.3 Å². The summed E-state index contributed by atoms with van der Waals surface area (Å²) in [4.78, 5) is 10.9. The molecule has 1 rings (SSSR count). The maximum Gasteiger partial charge on any atom is 0.320 e. The van der Waals surface area contributed by atoms with Crippen LogP contribution in [0.25, 0.3) is 0 Å². The summed E-state index contributed by atoms with van der Waals surface area (Å²) in [6.07, 6.45) is 3.74. The fourth-order valence-electron chi connectivity index (χ4n) is 2.16. The van der Waals surface area contributed by atoms with Crippen LogP contribution in [0.5, 0.6) is 0 Å². The minimum absolute atomic E-state index is 0.210. The molecule has 2 unspecified atom stereocenters. The van der Waals surface area contributed by atoms with E-state index in [1.165, 1.54) is 26.4 Å². The monoisotopic (exact) mass is 277 g/mol. The van der Waals surface area contributed by atoms with Gasteiger partial charge in [-0.3, -0.25) is 4.79 Å². The van der Waals surface area contributed by atoms with Gasteiger partial charge in [0.15, 0.2) is 0 Å². The summed E-state index contributed by atoms with van der Waals surface area (Å²) in [6, 6.07) is 0.516. The van der Waals surface area contributed by atoms with Crippen molar-refractivity contribution < 1.29 is 9.53 Å². The molecular weight excluding hydrogens is 258 g/mol. The van der Waals surface area contributed by atoms with Gasteiger partial charge in [0.2, 0.25) is 0 Å². The highest BCUT2D eigenvalue weighted by Crippen LogP contribution is 2.37. The van der Waals surface area contributed by atoms with Crippen LogP contribution in [0.1, 0.15) is 33.1 Å². The maximum atomic E-state index is 11.2. The highest BCUT2D eigenvalue weighted by Gasteiger charge is 2.34. The molecule has 1 aliphatic carbocycles. The lowest BCUT2D eigenvalue weighted by molar-refractivity contribution is -0.139. The topological polar surface area (TPSA) is 38.3 Å². The lowest BCUT2D eigenvalue weighted by atomic mass is 9.87. The standard InChI is InChI=1S/C11H20BrNO2/c1-11(2)6-4-5-9(11)13-7-8(12)10(14)15-3/h8-9,13H,4-7H2,1-3H3. The van der Waals surface area contributed by atoms with E-state index >= 15 is 0 Å². The van der Waals surface area contributed by atoms with Crippen molar-refractivity contribution in [1.29, 1.82) is 0 Å². The predicted molar refractivity (Wildman–Crippen MR) is 64.2 cm³/mol. The van der Waals surface area contributed by atoms with E-state index in [-0.39, 0.29) is 10.8 Å². The van der Waals surface area contributed by atoms with Crippen LogP contribution in [0.15, 0.2) is 0 Å². The summed E-state index contributed by atoms with van der Waals surface area (Å²) in [5.41, 5.74) is 0.350. The normalized spacial score (nSPS) is 26.3. The molecule has 1 fully saturated rings. The van der Waals surface area contributed by atoms with Crippen LogP contribution in [0.4, 0.5) is 0 Å². The summed E-state index contributed by atoms with van der Waals surface area (Å²) >= 11 is 3.31. The second-order valence-electron chi connectivity index (χ2n) is 4.83. The van der Waals surface area contributed by atoms with E-state index in [9.17, 15) is 4.79 Å². The molecule has 1 saturated carbocycles. The number of hydrogen-bond acceptors (Lipinski definition) is 3. The first-order valence-corrected chi connectivity index (χ1v) is 6.34. The van der Waals surface area contributed by atoms with Gasteiger partial charge in [0.25, 0.3) is 0 Å². The van der Waals surface area contributed by atoms with Crippen molar-refractivity contribution in [3.05, 3.63) is 0 Å². The van der Waals surface area contributed by atoms with E-state index in [4.69, 9.17) is 0 Å².